The SMILES string of the molecule is CC(C)(C)OC(=O)N1CC2(F)CCCC2c2cccc(F)c21. The fourth-order valence-corrected chi connectivity index (χ4v) is 3.57. The van der Waals surface area contributed by atoms with E-state index in [1.54, 1.807) is 32.9 Å². The minimum atomic E-state index is -1.49. The van der Waals surface area contributed by atoms with Crippen LogP contribution in [0.15, 0.2) is 18.2 Å². The third-order valence-electron chi connectivity index (χ3n) is 4.41. The normalized spacial score (nSPS) is 27.3. The maximum Gasteiger partial charge on any atom is 0.415 e. The molecule has 2 unspecified atom stereocenters. The largest absolute Gasteiger partial charge is 0.443 e. The van der Waals surface area contributed by atoms with Crippen LogP contribution in [-0.4, -0.2) is 23.9 Å². The van der Waals surface area contributed by atoms with Crippen LogP contribution in [0.3, 0.4) is 0 Å². The highest BCUT2D eigenvalue weighted by Crippen LogP contribution is 2.52. The first kappa shape index (κ1) is 15.3. The number of para-hydroxylation sites is 1. The van der Waals surface area contributed by atoms with Crippen molar-refractivity contribution in [3.63, 3.8) is 0 Å². The maximum absolute atomic E-state index is 15.2. The van der Waals surface area contributed by atoms with Crippen molar-refractivity contribution < 1.29 is 18.3 Å². The molecular formula is C17H21F2NO2. The second-order valence-corrected chi connectivity index (χ2v) is 7.22. The van der Waals surface area contributed by atoms with Gasteiger partial charge in [-0.1, -0.05) is 12.1 Å². The Balaban J connectivity index is 2.05. The minimum Gasteiger partial charge on any atom is -0.443 e. The van der Waals surface area contributed by atoms with Gasteiger partial charge in [0.1, 0.15) is 17.1 Å². The second-order valence-electron chi connectivity index (χ2n) is 7.22. The Bertz CT molecular complexity index is 611. The lowest BCUT2D eigenvalue weighted by Gasteiger charge is -2.41. The zero-order chi connectivity index (χ0) is 16.1. The van der Waals surface area contributed by atoms with Gasteiger partial charge >= 0.3 is 6.09 Å². The number of hydrogen-bond acceptors (Lipinski definition) is 2. The third-order valence-corrected chi connectivity index (χ3v) is 4.41. The van der Waals surface area contributed by atoms with Gasteiger partial charge in [-0.15, -0.1) is 0 Å². The number of fused-ring (bicyclic) bond motifs is 3. The lowest BCUT2D eigenvalue weighted by molar-refractivity contribution is 0.0523. The molecule has 0 spiro atoms. The lowest BCUT2D eigenvalue weighted by Crippen LogP contribution is -2.50. The molecule has 0 N–H and O–H groups in total. The first-order valence-electron chi connectivity index (χ1n) is 7.69. The lowest BCUT2D eigenvalue weighted by atomic mass is 9.81. The number of rotatable bonds is 0. The third kappa shape index (κ3) is 2.46. The monoisotopic (exact) mass is 309 g/mol. The van der Waals surface area contributed by atoms with Gasteiger partial charge < -0.3 is 4.74 Å². The molecule has 1 fully saturated rings. The molecule has 5 heteroatoms. The number of anilines is 1. The molecule has 1 aromatic carbocycles. The average molecular weight is 309 g/mol. The number of carbonyl (C=O) groups excluding carboxylic acids is 1. The number of benzene rings is 1. The molecule has 0 saturated heterocycles. The van der Waals surface area contributed by atoms with Gasteiger partial charge in [0.2, 0.25) is 0 Å². The molecule has 0 aromatic heterocycles. The summed E-state index contributed by atoms with van der Waals surface area (Å²) >= 11 is 0. The van der Waals surface area contributed by atoms with Gasteiger partial charge in [0.05, 0.1) is 12.2 Å². The maximum atomic E-state index is 15.2. The summed E-state index contributed by atoms with van der Waals surface area (Å²) in [6.07, 6.45) is 1.14. The van der Waals surface area contributed by atoms with Gasteiger partial charge in [-0.05, 0) is 51.7 Å². The van der Waals surface area contributed by atoms with Gasteiger partial charge in [-0.3, -0.25) is 4.90 Å². The molecule has 1 aliphatic carbocycles. The number of ether oxygens (including phenoxy) is 1. The van der Waals surface area contributed by atoms with Gasteiger partial charge in [0.15, 0.2) is 0 Å². The van der Waals surface area contributed by atoms with Crippen molar-refractivity contribution in [3.8, 4) is 0 Å². The van der Waals surface area contributed by atoms with E-state index >= 15 is 4.39 Å². The zero-order valence-corrected chi connectivity index (χ0v) is 13.2. The summed E-state index contributed by atoms with van der Waals surface area (Å²) in [7, 11) is 0. The smallest absolute Gasteiger partial charge is 0.415 e. The number of carbonyl (C=O) groups is 1. The second kappa shape index (κ2) is 4.93. The summed E-state index contributed by atoms with van der Waals surface area (Å²) in [6.45, 7) is 5.07. The summed E-state index contributed by atoms with van der Waals surface area (Å²) < 4.78 is 34.9. The predicted molar refractivity (Wildman–Crippen MR) is 80.4 cm³/mol. The van der Waals surface area contributed by atoms with Crippen molar-refractivity contribution >= 4 is 11.8 Å². The fraction of sp³-hybridized carbons (Fsp3) is 0.588. The van der Waals surface area contributed by atoms with E-state index in [1.165, 1.54) is 6.07 Å². The molecule has 1 saturated carbocycles. The van der Waals surface area contributed by atoms with Crippen LogP contribution in [0.25, 0.3) is 0 Å². The van der Waals surface area contributed by atoms with E-state index < -0.39 is 23.2 Å². The van der Waals surface area contributed by atoms with Crippen molar-refractivity contribution in [1.29, 1.82) is 0 Å². The van der Waals surface area contributed by atoms with Gasteiger partial charge in [-0.2, -0.15) is 0 Å². The number of nitrogens with zero attached hydrogens (tertiary/aromatic N) is 1. The summed E-state index contributed by atoms with van der Waals surface area (Å²) in [5.41, 5.74) is -1.44. The summed E-state index contributed by atoms with van der Waals surface area (Å²) in [5.74, 6) is -0.839. The van der Waals surface area contributed by atoms with Crippen LogP contribution in [0.5, 0.6) is 0 Å². The highest BCUT2D eigenvalue weighted by atomic mass is 19.1. The fourth-order valence-electron chi connectivity index (χ4n) is 3.57. The summed E-state index contributed by atoms with van der Waals surface area (Å²) in [4.78, 5) is 13.6. The van der Waals surface area contributed by atoms with Crippen molar-refractivity contribution in [1.82, 2.24) is 0 Å². The molecule has 0 radical (unpaired) electrons. The van der Waals surface area contributed by atoms with Crippen LogP contribution < -0.4 is 4.90 Å². The first-order chi connectivity index (χ1) is 10.2. The van der Waals surface area contributed by atoms with E-state index in [1.807, 2.05) is 0 Å². The van der Waals surface area contributed by atoms with Gasteiger partial charge in [-0.25, -0.2) is 13.6 Å². The van der Waals surface area contributed by atoms with Crippen LogP contribution in [0.2, 0.25) is 0 Å². The number of halogens is 2. The Labute approximate surface area is 129 Å². The molecule has 3 rings (SSSR count). The van der Waals surface area contributed by atoms with Crippen LogP contribution in [-0.2, 0) is 4.74 Å². The molecule has 0 bridgehead atoms. The standard InChI is InChI=1S/C17H21F2NO2/c1-16(2,3)22-15(21)20-10-17(19)9-5-7-12(17)11-6-4-8-13(18)14(11)20/h4,6,8,12H,5,7,9-10H2,1-3H3. The Morgan fingerprint density at radius 2 is 2.14 bits per heavy atom. The Morgan fingerprint density at radius 1 is 1.41 bits per heavy atom. The van der Waals surface area contributed by atoms with Gasteiger partial charge in [0, 0.05) is 5.92 Å². The molecule has 120 valence electrons. The van der Waals surface area contributed by atoms with E-state index in [4.69, 9.17) is 4.74 Å². The first-order valence-corrected chi connectivity index (χ1v) is 7.69. The summed E-state index contributed by atoms with van der Waals surface area (Å²) in [5, 5.41) is 0. The highest BCUT2D eigenvalue weighted by Gasteiger charge is 2.52. The molecule has 1 heterocycles. The van der Waals surface area contributed by atoms with Crippen molar-refractivity contribution in [2.24, 2.45) is 0 Å². The quantitative estimate of drug-likeness (QED) is 0.703. The van der Waals surface area contributed by atoms with Crippen molar-refractivity contribution in [2.45, 2.75) is 57.2 Å². The van der Waals surface area contributed by atoms with Gasteiger partial charge in [0.25, 0.3) is 0 Å². The number of amides is 1. The van der Waals surface area contributed by atoms with Crippen LogP contribution >= 0.6 is 0 Å². The van der Waals surface area contributed by atoms with Crippen LogP contribution in [0.1, 0.15) is 51.5 Å². The highest BCUT2D eigenvalue weighted by molar-refractivity contribution is 5.90. The van der Waals surface area contributed by atoms with Crippen LogP contribution in [0, 0.1) is 5.82 Å². The van der Waals surface area contributed by atoms with E-state index in [0.29, 0.717) is 18.4 Å². The molecule has 1 amide bonds. The molecule has 22 heavy (non-hydrogen) atoms. The topological polar surface area (TPSA) is 29.5 Å². The number of alkyl halides is 1. The minimum absolute atomic E-state index is 0.138. The molecule has 2 atom stereocenters. The van der Waals surface area contributed by atoms with Crippen molar-refractivity contribution in [3.05, 3.63) is 29.6 Å². The van der Waals surface area contributed by atoms with E-state index in [9.17, 15) is 9.18 Å². The van der Waals surface area contributed by atoms with Crippen molar-refractivity contribution in [2.75, 3.05) is 11.4 Å². The van der Waals surface area contributed by atoms with Crippen LogP contribution in [0.4, 0.5) is 19.3 Å². The zero-order valence-electron chi connectivity index (χ0n) is 13.2. The summed E-state index contributed by atoms with van der Waals surface area (Å²) in [6, 6.07) is 4.60. The molecule has 2 aliphatic rings. The van der Waals surface area contributed by atoms with E-state index in [-0.39, 0.29) is 18.2 Å². The Hall–Kier alpha value is -1.65. The average Bonchev–Trinajstić information content (AvgIpc) is 2.78. The molecule has 3 nitrogen and oxygen atoms in total. The van der Waals surface area contributed by atoms with E-state index in [0.717, 1.165) is 11.3 Å². The van der Waals surface area contributed by atoms with E-state index in [2.05, 4.69) is 0 Å². The number of hydrogen-bond donors (Lipinski definition) is 0. The Kier molecular flexibility index (Phi) is 3.42. The molecular weight excluding hydrogens is 288 g/mol. The Morgan fingerprint density at radius 3 is 2.82 bits per heavy atom. The molecule has 1 aromatic rings. The predicted octanol–water partition coefficient (Wildman–Crippen LogP) is 4.56. The molecule has 1 aliphatic heterocycles.